The summed E-state index contributed by atoms with van der Waals surface area (Å²) in [5, 5.41) is 0. The molecular formula is C22H28N4O5. The van der Waals surface area contributed by atoms with E-state index in [0.717, 1.165) is 24.8 Å². The highest BCUT2D eigenvalue weighted by molar-refractivity contribution is 5.90. The molecule has 0 spiro atoms. The average molecular weight is 428 g/mol. The first-order valence-corrected chi connectivity index (χ1v) is 10.4. The van der Waals surface area contributed by atoms with Crippen molar-refractivity contribution in [3.8, 4) is 5.75 Å². The molecule has 1 aromatic carbocycles. The number of imidazole rings is 1. The van der Waals surface area contributed by atoms with Gasteiger partial charge in [0.2, 0.25) is 0 Å². The molecule has 166 valence electrons. The molecule has 2 heterocycles. The minimum absolute atomic E-state index is 0.120. The van der Waals surface area contributed by atoms with E-state index in [9.17, 15) is 14.4 Å². The largest absolute Gasteiger partial charge is 0.496 e. The average Bonchev–Trinajstić information content (AvgIpc) is 3.11. The second kappa shape index (κ2) is 9.63. The summed E-state index contributed by atoms with van der Waals surface area (Å²) in [6.07, 6.45) is 2.42. The number of ether oxygens (including phenoxy) is 2. The molecule has 9 heteroatoms. The third-order valence-corrected chi connectivity index (χ3v) is 5.12. The van der Waals surface area contributed by atoms with Gasteiger partial charge in [0.05, 0.1) is 12.7 Å². The fourth-order valence-electron chi connectivity index (χ4n) is 3.48. The highest BCUT2D eigenvalue weighted by Gasteiger charge is 2.19. The van der Waals surface area contributed by atoms with Crippen LogP contribution in [0.25, 0.3) is 11.2 Å². The Hall–Kier alpha value is -3.36. The number of esters is 1. The number of nitrogens with zero attached hydrogens (tertiary/aromatic N) is 3. The Morgan fingerprint density at radius 2 is 1.90 bits per heavy atom. The highest BCUT2D eigenvalue weighted by atomic mass is 16.5. The normalized spacial score (nSPS) is 11.1. The van der Waals surface area contributed by atoms with Crippen LogP contribution in [0.1, 0.15) is 54.9 Å². The Labute approximate surface area is 179 Å². The molecule has 0 saturated heterocycles. The van der Waals surface area contributed by atoms with E-state index in [2.05, 4.69) is 9.97 Å². The molecule has 0 unspecified atom stereocenters. The second-order valence-corrected chi connectivity index (χ2v) is 7.38. The molecule has 0 aliphatic rings. The number of unbranched alkanes of at least 4 members (excludes halogenated alkanes) is 1. The number of hydrogen-bond acceptors (Lipinski definition) is 6. The number of benzene rings is 1. The van der Waals surface area contributed by atoms with Crippen LogP contribution in [0, 0.1) is 6.92 Å². The lowest BCUT2D eigenvalue weighted by atomic mass is 10.1. The van der Waals surface area contributed by atoms with Crippen molar-refractivity contribution in [3.05, 3.63) is 56.0 Å². The van der Waals surface area contributed by atoms with Crippen LogP contribution in [0.15, 0.2) is 27.8 Å². The van der Waals surface area contributed by atoms with Gasteiger partial charge in [0.15, 0.2) is 11.2 Å². The zero-order valence-corrected chi connectivity index (χ0v) is 18.4. The molecule has 0 amide bonds. The third-order valence-electron chi connectivity index (χ3n) is 5.12. The van der Waals surface area contributed by atoms with Crippen molar-refractivity contribution in [1.29, 1.82) is 0 Å². The van der Waals surface area contributed by atoms with Crippen molar-refractivity contribution < 1.29 is 14.3 Å². The van der Waals surface area contributed by atoms with E-state index in [1.807, 2.05) is 20.8 Å². The van der Waals surface area contributed by atoms with Gasteiger partial charge in [-0.05, 0) is 37.5 Å². The Morgan fingerprint density at radius 3 is 2.58 bits per heavy atom. The molecule has 0 atom stereocenters. The second-order valence-electron chi connectivity index (χ2n) is 7.38. The van der Waals surface area contributed by atoms with Crippen LogP contribution in [0.2, 0.25) is 0 Å². The van der Waals surface area contributed by atoms with Gasteiger partial charge in [-0.2, -0.15) is 0 Å². The molecule has 9 nitrogen and oxygen atoms in total. The Kier molecular flexibility index (Phi) is 6.94. The fourth-order valence-corrected chi connectivity index (χ4v) is 3.48. The zero-order valence-electron chi connectivity index (χ0n) is 18.4. The number of carbonyl (C=O) groups excluding carboxylic acids is 1. The van der Waals surface area contributed by atoms with E-state index in [4.69, 9.17) is 9.47 Å². The first kappa shape index (κ1) is 22.3. The Morgan fingerprint density at radius 1 is 1.13 bits per heavy atom. The first-order chi connectivity index (χ1) is 14.9. The predicted molar refractivity (Wildman–Crippen MR) is 117 cm³/mol. The van der Waals surface area contributed by atoms with Crippen LogP contribution >= 0.6 is 0 Å². The van der Waals surface area contributed by atoms with E-state index >= 15 is 0 Å². The SMILES string of the molecule is CCCCn1c(=O)[nH]c(=O)c2c1nc(COC(=O)c1ccc(C)c(OC)c1)n2CCC. The molecule has 0 aliphatic heterocycles. The summed E-state index contributed by atoms with van der Waals surface area (Å²) in [4.78, 5) is 44.4. The maximum atomic E-state index is 12.6. The van der Waals surface area contributed by atoms with Gasteiger partial charge in [-0.1, -0.05) is 26.3 Å². The van der Waals surface area contributed by atoms with E-state index < -0.39 is 17.2 Å². The van der Waals surface area contributed by atoms with Crippen LogP contribution in [-0.2, 0) is 24.4 Å². The van der Waals surface area contributed by atoms with Crippen molar-refractivity contribution in [3.63, 3.8) is 0 Å². The number of hydrogen-bond donors (Lipinski definition) is 1. The van der Waals surface area contributed by atoms with Gasteiger partial charge in [0, 0.05) is 13.1 Å². The third kappa shape index (κ3) is 4.55. The summed E-state index contributed by atoms with van der Waals surface area (Å²) in [7, 11) is 1.54. The van der Waals surface area contributed by atoms with E-state index in [1.165, 1.54) is 4.57 Å². The minimum Gasteiger partial charge on any atom is -0.496 e. The molecule has 0 aliphatic carbocycles. The number of aromatic nitrogens is 4. The number of fused-ring (bicyclic) bond motifs is 1. The number of nitrogens with one attached hydrogen (secondary N) is 1. The molecule has 1 N–H and O–H groups in total. The van der Waals surface area contributed by atoms with Crippen LogP contribution in [0.5, 0.6) is 5.75 Å². The lowest BCUT2D eigenvalue weighted by Gasteiger charge is -2.10. The van der Waals surface area contributed by atoms with E-state index in [1.54, 1.807) is 29.9 Å². The number of carbonyl (C=O) groups is 1. The van der Waals surface area contributed by atoms with Crippen molar-refractivity contribution in [1.82, 2.24) is 19.1 Å². The smallest absolute Gasteiger partial charge is 0.338 e. The van der Waals surface area contributed by atoms with Gasteiger partial charge in [0.25, 0.3) is 5.56 Å². The fraction of sp³-hybridized carbons (Fsp3) is 0.455. The van der Waals surface area contributed by atoms with Gasteiger partial charge >= 0.3 is 11.7 Å². The van der Waals surface area contributed by atoms with Gasteiger partial charge in [-0.3, -0.25) is 14.3 Å². The van der Waals surface area contributed by atoms with Crippen molar-refractivity contribution >= 4 is 17.1 Å². The van der Waals surface area contributed by atoms with E-state index in [-0.39, 0.29) is 6.61 Å². The maximum absolute atomic E-state index is 12.6. The maximum Gasteiger partial charge on any atom is 0.338 e. The van der Waals surface area contributed by atoms with Crippen LogP contribution in [0.4, 0.5) is 0 Å². The van der Waals surface area contributed by atoms with E-state index in [0.29, 0.717) is 41.4 Å². The number of methoxy groups -OCH3 is 1. The molecule has 0 saturated carbocycles. The van der Waals surface area contributed by atoms with Crippen molar-refractivity contribution in [2.45, 2.75) is 59.7 Å². The van der Waals surface area contributed by atoms with Crippen LogP contribution in [0.3, 0.4) is 0 Å². The monoisotopic (exact) mass is 428 g/mol. The molecule has 2 aromatic heterocycles. The number of aromatic amines is 1. The lowest BCUT2D eigenvalue weighted by molar-refractivity contribution is 0.0458. The first-order valence-electron chi connectivity index (χ1n) is 10.4. The summed E-state index contributed by atoms with van der Waals surface area (Å²) in [5.74, 6) is 0.496. The molecule has 0 bridgehead atoms. The predicted octanol–water partition coefficient (Wildman–Crippen LogP) is 2.77. The standard InChI is InChI=1S/C22H28N4O5/c1-5-7-11-26-19-18(20(27)24-22(26)29)25(10-6-2)17(23-19)13-31-21(28)15-9-8-14(3)16(12-15)30-4/h8-9,12H,5-7,10-11,13H2,1-4H3,(H,24,27,29). The van der Waals surface area contributed by atoms with Crippen molar-refractivity contribution in [2.75, 3.05) is 7.11 Å². The highest BCUT2D eigenvalue weighted by Crippen LogP contribution is 2.20. The van der Waals surface area contributed by atoms with Gasteiger partial charge in [-0.25, -0.2) is 14.6 Å². The van der Waals surface area contributed by atoms with Crippen LogP contribution < -0.4 is 16.0 Å². The van der Waals surface area contributed by atoms with Crippen molar-refractivity contribution in [2.24, 2.45) is 0 Å². The summed E-state index contributed by atoms with van der Waals surface area (Å²) in [5.41, 5.74) is 0.933. The summed E-state index contributed by atoms with van der Waals surface area (Å²) >= 11 is 0. The number of rotatable bonds is 9. The quantitative estimate of drug-likeness (QED) is 0.525. The lowest BCUT2D eigenvalue weighted by Crippen LogP contribution is -2.31. The minimum atomic E-state index is -0.523. The zero-order chi connectivity index (χ0) is 22.5. The summed E-state index contributed by atoms with van der Waals surface area (Å²) < 4.78 is 13.9. The van der Waals surface area contributed by atoms with Gasteiger partial charge in [-0.15, -0.1) is 0 Å². The Balaban J connectivity index is 1.97. The number of H-pyrrole nitrogens is 1. The van der Waals surface area contributed by atoms with Gasteiger partial charge in [0.1, 0.15) is 18.2 Å². The topological polar surface area (TPSA) is 108 Å². The molecule has 3 aromatic rings. The molecule has 31 heavy (non-hydrogen) atoms. The molecule has 0 radical (unpaired) electrons. The van der Waals surface area contributed by atoms with Gasteiger partial charge < -0.3 is 14.0 Å². The Bertz CT molecular complexity index is 1210. The summed E-state index contributed by atoms with van der Waals surface area (Å²) in [6, 6.07) is 5.08. The molecule has 0 fully saturated rings. The molecule has 3 rings (SSSR count). The molecular weight excluding hydrogens is 400 g/mol. The van der Waals surface area contributed by atoms with Crippen LogP contribution in [-0.4, -0.2) is 32.2 Å². The summed E-state index contributed by atoms with van der Waals surface area (Å²) in [6.45, 7) is 6.72. The number of aryl methyl sites for hydroxylation is 3.